The van der Waals surface area contributed by atoms with Gasteiger partial charge in [-0.3, -0.25) is 4.79 Å². The van der Waals surface area contributed by atoms with E-state index in [0.717, 1.165) is 0 Å². The van der Waals surface area contributed by atoms with Crippen molar-refractivity contribution < 1.29 is 9.18 Å². The average Bonchev–Trinajstić information content (AvgIpc) is 2.15. The van der Waals surface area contributed by atoms with E-state index in [4.69, 9.17) is 11.6 Å². The van der Waals surface area contributed by atoms with Crippen molar-refractivity contribution >= 4 is 40.1 Å². The Morgan fingerprint density at radius 3 is 2.59 bits per heavy atom. The van der Waals surface area contributed by atoms with Gasteiger partial charge < -0.3 is 5.32 Å². The maximum absolute atomic E-state index is 12.9. The van der Waals surface area contributed by atoms with Crippen LogP contribution >= 0.6 is 34.2 Å². The van der Waals surface area contributed by atoms with Crippen molar-refractivity contribution in [3.8, 4) is 0 Å². The van der Waals surface area contributed by atoms with Crippen LogP contribution in [0.5, 0.6) is 0 Å². The lowest BCUT2D eigenvalue weighted by molar-refractivity contribution is 0.0911. The summed E-state index contributed by atoms with van der Waals surface area (Å²) >= 11 is 7.93. The van der Waals surface area contributed by atoms with Crippen molar-refractivity contribution in [2.45, 2.75) is 31.7 Å². The van der Waals surface area contributed by atoms with Crippen molar-refractivity contribution in [3.63, 3.8) is 0 Å². The van der Waals surface area contributed by atoms with E-state index in [1.54, 1.807) is 0 Å². The standard InChI is InChI=1S/C12H14ClFINO/c1-7(13)12(2,3)16-11(17)9-5-4-8(14)6-10(9)15/h4-7H,1-3H3,(H,16,17). The lowest BCUT2D eigenvalue weighted by atomic mass is 10.0. The third kappa shape index (κ3) is 3.81. The summed E-state index contributed by atoms with van der Waals surface area (Å²) in [5.74, 6) is -0.595. The Labute approximate surface area is 119 Å². The molecule has 0 saturated carbocycles. The molecule has 1 aromatic rings. The molecule has 0 spiro atoms. The van der Waals surface area contributed by atoms with E-state index in [-0.39, 0.29) is 17.1 Å². The normalized spacial score (nSPS) is 13.3. The van der Waals surface area contributed by atoms with Crippen molar-refractivity contribution in [3.05, 3.63) is 33.1 Å². The zero-order valence-corrected chi connectivity index (χ0v) is 12.8. The number of carbonyl (C=O) groups excluding carboxylic acids is 1. The molecule has 0 heterocycles. The number of amides is 1. The van der Waals surface area contributed by atoms with Gasteiger partial charge in [0.1, 0.15) is 5.82 Å². The molecule has 0 aliphatic carbocycles. The van der Waals surface area contributed by atoms with Gasteiger partial charge in [0.2, 0.25) is 0 Å². The zero-order chi connectivity index (χ0) is 13.2. The second-order valence-electron chi connectivity index (χ2n) is 4.42. The average molecular weight is 370 g/mol. The van der Waals surface area contributed by atoms with Gasteiger partial charge in [-0.15, -0.1) is 11.6 Å². The SMILES string of the molecule is CC(Cl)C(C)(C)NC(=O)c1ccc(F)cc1I. The molecule has 0 radical (unpaired) electrons. The van der Waals surface area contributed by atoms with Gasteiger partial charge in [-0.1, -0.05) is 0 Å². The number of hydrogen-bond acceptors (Lipinski definition) is 1. The van der Waals surface area contributed by atoms with E-state index < -0.39 is 5.54 Å². The summed E-state index contributed by atoms with van der Waals surface area (Å²) in [5.41, 5.74) is -0.0618. The van der Waals surface area contributed by atoms with E-state index in [2.05, 4.69) is 5.32 Å². The smallest absolute Gasteiger partial charge is 0.252 e. The molecule has 1 rings (SSSR count). The largest absolute Gasteiger partial charge is 0.346 e. The molecule has 0 fully saturated rings. The molecule has 1 N–H and O–H groups in total. The summed E-state index contributed by atoms with van der Waals surface area (Å²) in [6.07, 6.45) is 0. The van der Waals surface area contributed by atoms with Crippen LogP contribution in [0.25, 0.3) is 0 Å². The van der Waals surface area contributed by atoms with E-state index in [1.807, 2.05) is 43.4 Å². The van der Waals surface area contributed by atoms with E-state index in [9.17, 15) is 9.18 Å². The maximum Gasteiger partial charge on any atom is 0.252 e. The molecular weight excluding hydrogens is 355 g/mol. The Balaban J connectivity index is 2.91. The molecule has 0 bridgehead atoms. The Kier molecular flexibility index (Phi) is 4.77. The topological polar surface area (TPSA) is 29.1 Å². The molecule has 94 valence electrons. The van der Waals surface area contributed by atoms with Crippen molar-refractivity contribution in [1.82, 2.24) is 5.32 Å². The number of carbonyl (C=O) groups is 1. The minimum absolute atomic E-state index is 0.204. The molecule has 0 aliphatic heterocycles. The molecular formula is C12H14ClFINO. The number of hydrogen-bond donors (Lipinski definition) is 1. The first-order valence-electron chi connectivity index (χ1n) is 5.15. The predicted molar refractivity (Wildman–Crippen MR) is 76.0 cm³/mol. The quantitative estimate of drug-likeness (QED) is 0.640. The third-order valence-electron chi connectivity index (χ3n) is 2.61. The summed E-state index contributed by atoms with van der Waals surface area (Å²) in [7, 11) is 0. The van der Waals surface area contributed by atoms with Gasteiger partial charge in [0.25, 0.3) is 5.91 Å². The first-order chi connectivity index (χ1) is 7.74. The van der Waals surface area contributed by atoms with Crippen LogP contribution in [0.4, 0.5) is 4.39 Å². The van der Waals surface area contributed by atoms with Crippen LogP contribution in [0.2, 0.25) is 0 Å². The van der Waals surface area contributed by atoms with Crippen molar-refractivity contribution in [2.75, 3.05) is 0 Å². The van der Waals surface area contributed by atoms with Gasteiger partial charge in [-0.25, -0.2) is 4.39 Å². The van der Waals surface area contributed by atoms with Crippen LogP contribution in [0, 0.1) is 9.39 Å². The van der Waals surface area contributed by atoms with Gasteiger partial charge in [-0.2, -0.15) is 0 Å². The van der Waals surface area contributed by atoms with Gasteiger partial charge in [-0.05, 0) is 61.6 Å². The minimum Gasteiger partial charge on any atom is -0.346 e. The Morgan fingerprint density at radius 1 is 1.53 bits per heavy atom. The molecule has 2 nitrogen and oxygen atoms in total. The second-order valence-corrected chi connectivity index (χ2v) is 6.23. The molecule has 0 aromatic heterocycles. The summed E-state index contributed by atoms with van der Waals surface area (Å²) in [6, 6.07) is 4.07. The molecule has 0 saturated heterocycles. The fraction of sp³-hybridized carbons (Fsp3) is 0.417. The summed E-state index contributed by atoms with van der Waals surface area (Å²) in [6.45, 7) is 5.51. The monoisotopic (exact) mass is 369 g/mol. The highest BCUT2D eigenvalue weighted by molar-refractivity contribution is 14.1. The Morgan fingerprint density at radius 2 is 2.12 bits per heavy atom. The lowest BCUT2D eigenvalue weighted by Crippen LogP contribution is -2.49. The van der Waals surface area contributed by atoms with Gasteiger partial charge in [0.05, 0.1) is 16.5 Å². The van der Waals surface area contributed by atoms with Gasteiger partial charge >= 0.3 is 0 Å². The number of rotatable bonds is 3. The summed E-state index contributed by atoms with van der Waals surface area (Å²) in [5, 5.41) is 2.63. The first kappa shape index (κ1) is 14.7. The van der Waals surface area contributed by atoms with Crippen molar-refractivity contribution in [2.24, 2.45) is 0 Å². The van der Waals surface area contributed by atoms with Crippen LogP contribution < -0.4 is 5.32 Å². The van der Waals surface area contributed by atoms with E-state index >= 15 is 0 Å². The fourth-order valence-corrected chi connectivity index (χ4v) is 1.91. The van der Waals surface area contributed by atoms with Crippen LogP contribution in [-0.4, -0.2) is 16.8 Å². The Hall–Kier alpha value is -0.360. The Bertz CT molecular complexity index is 435. The molecule has 1 atom stereocenters. The zero-order valence-electron chi connectivity index (χ0n) is 9.85. The third-order valence-corrected chi connectivity index (χ3v) is 4.04. The number of halogens is 3. The van der Waals surface area contributed by atoms with Crippen LogP contribution in [0.1, 0.15) is 31.1 Å². The van der Waals surface area contributed by atoms with Crippen molar-refractivity contribution in [1.29, 1.82) is 0 Å². The number of alkyl halides is 1. The number of benzene rings is 1. The molecule has 1 unspecified atom stereocenters. The fourth-order valence-electron chi connectivity index (χ4n) is 1.13. The van der Waals surface area contributed by atoms with Crippen LogP contribution in [0.3, 0.4) is 0 Å². The minimum atomic E-state index is -0.518. The van der Waals surface area contributed by atoms with Crippen LogP contribution in [0.15, 0.2) is 18.2 Å². The van der Waals surface area contributed by atoms with E-state index in [1.165, 1.54) is 18.2 Å². The first-order valence-corrected chi connectivity index (χ1v) is 6.67. The maximum atomic E-state index is 12.9. The molecule has 0 aliphatic rings. The lowest BCUT2D eigenvalue weighted by Gasteiger charge is -2.29. The molecule has 5 heteroatoms. The second kappa shape index (κ2) is 5.52. The highest BCUT2D eigenvalue weighted by Crippen LogP contribution is 2.18. The van der Waals surface area contributed by atoms with Gasteiger partial charge in [0, 0.05) is 3.57 Å². The summed E-state index contributed by atoms with van der Waals surface area (Å²) < 4.78 is 13.5. The molecule has 1 aromatic carbocycles. The highest BCUT2D eigenvalue weighted by Gasteiger charge is 2.27. The molecule has 1 amide bonds. The molecule has 17 heavy (non-hydrogen) atoms. The predicted octanol–water partition coefficient (Wildman–Crippen LogP) is 3.57. The van der Waals surface area contributed by atoms with Gasteiger partial charge in [0.15, 0.2) is 0 Å². The number of nitrogens with one attached hydrogen (secondary N) is 1. The highest BCUT2D eigenvalue weighted by atomic mass is 127. The summed E-state index contributed by atoms with van der Waals surface area (Å²) in [4.78, 5) is 12.0. The van der Waals surface area contributed by atoms with E-state index in [0.29, 0.717) is 9.13 Å². The van der Waals surface area contributed by atoms with Crippen LogP contribution in [-0.2, 0) is 0 Å².